The van der Waals surface area contributed by atoms with Crippen LogP contribution in [0.3, 0.4) is 0 Å². The van der Waals surface area contributed by atoms with E-state index >= 15 is 0 Å². The highest BCUT2D eigenvalue weighted by molar-refractivity contribution is 6.31. The molecule has 0 N–H and O–H groups in total. The molecule has 0 aliphatic carbocycles. The van der Waals surface area contributed by atoms with Gasteiger partial charge < -0.3 is 9.64 Å². The zero-order valence-electron chi connectivity index (χ0n) is 10.7. The fourth-order valence-corrected chi connectivity index (χ4v) is 1.59. The molecule has 1 amide bonds. The Morgan fingerprint density at radius 3 is 2.61 bits per heavy atom. The predicted molar refractivity (Wildman–Crippen MR) is 69.8 cm³/mol. The van der Waals surface area contributed by atoms with Gasteiger partial charge in [-0.05, 0) is 24.6 Å². The number of hydrogen-bond acceptors (Lipinski definition) is 3. The van der Waals surface area contributed by atoms with Crippen molar-refractivity contribution in [1.82, 2.24) is 4.90 Å². The number of carbonyl (C=O) groups is 2. The number of esters is 1. The molecule has 0 radical (unpaired) electrons. The third-order valence-electron chi connectivity index (χ3n) is 2.64. The Morgan fingerprint density at radius 1 is 1.39 bits per heavy atom. The summed E-state index contributed by atoms with van der Waals surface area (Å²) in [5.74, 6) is -0.502. The van der Waals surface area contributed by atoms with Gasteiger partial charge in [0.05, 0.1) is 13.5 Å². The van der Waals surface area contributed by atoms with Crippen LogP contribution >= 0.6 is 11.6 Å². The maximum atomic E-state index is 12.0. The monoisotopic (exact) mass is 269 g/mol. The number of rotatable bonds is 4. The van der Waals surface area contributed by atoms with Gasteiger partial charge in [-0.15, -0.1) is 0 Å². The molecule has 0 atom stereocenters. The number of nitrogens with zero attached hydrogens (tertiary/aromatic N) is 1. The third kappa shape index (κ3) is 3.74. The van der Waals surface area contributed by atoms with Crippen molar-refractivity contribution in [3.8, 4) is 0 Å². The molecule has 0 fully saturated rings. The average molecular weight is 270 g/mol. The third-order valence-corrected chi connectivity index (χ3v) is 3.05. The van der Waals surface area contributed by atoms with Gasteiger partial charge in [-0.25, -0.2) is 0 Å². The molecular formula is C13H16ClNO3. The predicted octanol–water partition coefficient (Wildman–Crippen LogP) is 2.28. The van der Waals surface area contributed by atoms with E-state index in [9.17, 15) is 9.59 Å². The summed E-state index contributed by atoms with van der Waals surface area (Å²) >= 11 is 5.97. The quantitative estimate of drug-likeness (QED) is 0.788. The van der Waals surface area contributed by atoms with Gasteiger partial charge in [0, 0.05) is 24.2 Å². The molecule has 1 aromatic rings. The van der Waals surface area contributed by atoms with Crippen molar-refractivity contribution < 1.29 is 14.3 Å². The lowest BCUT2D eigenvalue weighted by Crippen LogP contribution is -2.29. The fourth-order valence-electron chi connectivity index (χ4n) is 1.41. The number of carbonyl (C=O) groups excluding carboxylic acids is 2. The molecule has 5 heteroatoms. The minimum atomic E-state index is -0.336. The number of amides is 1. The van der Waals surface area contributed by atoms with Crippen LogP contribution in [0, 0.1) is 6.92 Å². The van der Waals surface area contributed by atoms with Gasteiger partial charge in [-0.3, -0.25) is 9.59 Å². The summed E-state index contributed by atoms with van der Waals surface area (Å²) in [6.45, 7) is 2.19. The van der Waals surface area contributed by atoms with Crippen molar-refractivity contribution in [2.75, 3.05) is 20.7 Å². The highest BCUT2D eigenvalue weighted by Crippen LogP contribution is 2.17. The van der Waals surface area contributed by atoms with Gasteiger partial charge in [0.2, 0.25) is 0 Å². The maximum Gasteiger partial charge on any atom is 0.307 e. The molecule has 18 heavy (non-hydrogen) atoms. The molecule has 0 unspecified atom stereocenters. The molecule has 1 aromatic carbocycles. The van der Waals surface area contributed by atoms with Crippen molar-refractivity contribution in [3.63, 3.8) is 0 Å². The van der Waals surface area contributed by atoms with E-state index in [0.29, 0.717) is 17.1 Å². The second-order valence-corrected chi connectivity index (χ2v) is 4.42. The lowest BCUT2D eigenvalue weighted by atomic mass is 10.1. The maximum absolute atomic E-state index is 12.0. The first-order chi connectivity index (χ1) is 8.45. The van der Waals surface area contributed by atoms with E-state index in [1.54, 1.807) is 25.2 Å². The van der Waals surface area contributed by atoms with Crippen molar-refractivity contribution in [1.29, 1.82) is 0 Å². The molecule has 1 rings (SSSR count). The lowest BCUT2D eigenvalue weighted by molar-refractivity contribution is -0.140. The van der Waals surface area contributed by atoms with Crippen molar-refractivity contribution in [2.45, 2.75) is 13.3 Å². The first-order valence-corrected chi connectivity index (χ1v) is 5.92. The Hall–Kier alpha value is -1.55. The molecule has 0 saturated carbocycles. The molecule has 0 spiro atoms. The highest BCUT2D eigenvalue weighted by Gasteiger charge is 2.13. The average Bonchev–Trinajstić information content (AvgIpc) is 2.37. The van der Waals surface area contributed by atoms with Crippen molar-refractivity contribution in [3.05, 3.63) is 34.3 Å². The van der Waals surface area contributed by atoms with Gasteiger partial charge in [-0.2, -0.15) is 0 Å². The van der Waals surface area contributed by atoms with E-state index in [-0.39, 0.29) is 18.3 Å². The zero-order valence-corrected chi connectivity index (χ0v) is 11.5. The topological polar surface area (TPSA) is 46.6 Å². The summed E-state index contributed by atoms with van der Waals surface area (Å²) in [4.78, 5) is 24.5. The summed E-state index contributed by atoms with van der Waals surface area (Å²) in [5, 5.41) is 0.558. The molecule has 0 heterocycles. The molecule has 0 saturated heterocycles. The number of aryl methyl sites for hydroxylation is 1. The number of hydrogen-bond donors (Lipinski definition) is 0. The SMILES string of the molecule is COC(=O)CCN(C)C(=O)c1ccc(C)c(Cl)c1. The normalized spacial score (nSPS) is 10.0. The Balaban J connectivity index is 2.68. The van der Waals surface area contributed by atoms with Crippen LogP contribution in [0.25, 0.3) is 0 Å². The summed E-state index contributed by atoms with van der Waals surface area (Å²) in [6, 6.07) is 5.15. The van der Waals surface area contributed by atoms with Crippen molar-refractivity contribution >= 4 is 23.5 Å². The van der Waals surface area contributed by atoms with Gasteiger partial charge in [0.25, 0.3) is 5.91 Å². The van der Waals surface area contributed by atoms with Crippen LogP contribution in [0.2, 0.25) is 5.02 Å². The van der Waals surface area contributed by atoms with Crippen molar-refractivity contribution in [2.24, 2.45) is 0 Å². The Bertz CT molecular complexity index is 460. The minimum Gasteiger partial charge on any atom is -0.469 e. The molecule has 0 aliphatic heterocycles. The van der Waals surface area contributed by atoms with Crippen LogP contribution in [0.5, 0.6) is 0 Å². The standard InChI is InChI=1S/C13H16ClNO3/c1-9-4-5-10(8-11(9)14)13(17)15(2)7-6-12(16)18-3/h4-5,8H,6-7H2,1-3H3. The van der Waals surface area contributed by atoms with Gasteiger partial charge >= 0.3 is 5.97 Å². The van der Waals surface area contributed by atoms with Gasteiger partial charge in [0.15, 0.2) is 0 Å². The summed E-state index contributed by atoms with van der Waals surface area (Å²) in [5.41, 5.74) is 1.43. The van der Waals surface area contributed by atoms with Crippen LogP contribution in [0.1, 0.15) is 22.3 Å². The van der Waals surface area contributed by atoms with E-state index < -0.39 is 0 Å². The van der Waals surface area contributed by atoms with E-state index in [1.165, 1.54) is 12.0 Å². The largest absolute Gasteiger partial charge is 0.469 e. The second kappa shape index (κ2) is 6.40. The molecule has 0 aromatic heterocycles. The Labute approximate surface area is 111 Å². The lowest BCUT2D eigenvalue weighted by Gasteiger charge is -2.16. The first kappa shape index (κ1) is 14.5. The number of benzene rings is 1. The van der Waals surface area contributed by atoms with E-state index in [0.717, 1.165) is 5.56 Å². The molecule has 0 aliphatic rings. The van der Waals surface area contributed by atoms with Gasteiger partial charge in [-0.1, -0.05) is 17.7 Å². The highest BCUT2D eigenvalue weighted by atomic mass is 35.5. The molecule has 0 bridgehead atoms. The first-order valence-electron chi connectivity index (χ1n) is 5.54. The number of methoxy groups -OCH3 is 1. The summed E-state index contributed by atoms with van der Waals surface area (Å²) < 4.78 is 4.52. The minimum absolute atomic E-state index is 0.166. The molecule has 98 valence electrons. The van der Waals surface area contributed by atoms with Crippen LogP contribution in [-0.2, 0) is 9.53 Å². The Morgan fingerprint density at radius 2 is 2.06 bits per heavy atom. The second-order valence-electron chi connectivity index (χ2n) is 4.02. The van der Waals surface area contributed by atoms with Crippen LogP contribution in [-0.4, -0.2) is 37.5 Å². The number of ether oxygens (including phenoxy) is 1. The summed E-state index contributed by atoms with van der Waals surface area (Å²) in [7, 11) is 2.96. The fraction of sp³-hybridized carbons (Fsp3) is 0.385. The van der Waals surface area contributed by atoms with E-state index in [2.05, 4.69) is 4.74 Å². The van der Waals surface area contributed by atoms with E-state index in [1.807, 2.05) is 6.92 Å². The Kier molecular flexibility index (Phi) is 5.16. The molecule has 4 nitrogen and oxygen atoms in total. The van der Waals surface area contributed by atoms with Gasteiger partial charge in [0.1, 0.15) is 0 Å². The van der Waals surface area contributed by atoms with E-state index in [4.69, 9.17) is 11.6 Å². The summed E-state index contributed by atoms with van der Waals surface area (Å²) in [6.07, 6.45) is 0.179. The molecular weight excluding hydrogens is 254 g/mol. The van der Waals surface area contributed by atoms with Crippen LogP contribution in [0.4, 0.5) is 0 Å². The van der Waals surface area contributed by atoms with Crippen LogP contribution in [0.15, 0.2) is 18.2 Å². The smallest absolute Gasteiger partial charge is 0.307 e. The van der Waals surface area contributed by atoms with Crippen LogP contribution < -0.4 is 0 Å². The zero-order chi connectivity index (χ0) is 13.7. The number of halogens is 1.